The van der Waals surface area contributed by atoms with Gasteiger partial charge in [0.1, 0.15) is 11.8 Å². The predicted molar refractivity (Wildman–Crippen MR) is 69.2 cm³/mol. The molecule has 1 aliphatic heterocycles. The van der Waals surface area contributed by atoms with Gasteiger partial charge in [-0.1, -0.05) is 0 Å². The lowest BCUT2D eigenvalue weighted by Crippen LogP contribution is -2.52. The molecule has 0 radical (unpaired) electrons. The van der Waals surface area contributed by atoms with Gasteiger partial charge in [-0.2, -0.15) is 5.06 Å². The van der Waals surface area contributed by atoms with Crippen LogP contribution in [0.3, 0.4) is 0 Å². The lowest BCUT2D eigenvalue weighted by atomic mass is 10.1. The number of carbonyl (C=O) groups is 1. The van der Waals surface area contributed by atoms with Crippen molar-refractivity contribution in [3.63, 3.8) is 0 Å². The molecule has 110 valence electrons. The standard InChI is InChI=1S/C13H24N2O4/c1-13(2,3)19-12(17)15-9-6-8(9)7-10(15)11(16)14(4)18-5/h8-11,16H,6-7H2,1-5H3. The summed E-state index contributed by atoms with van der Waals surface area (Å²) in [5.41, 5.74) is -0.521. The average molecular weight is 272 g/mol. The number of ether oxygens (including phenoxy) is 1. The Balaban J connectivity index is 2.06. The Hall–Kier alpha value is -0.850. The molecule has 0 aromatic rings. The molecule has 6 heteroatoms. The fourth-order valence-electron chi connectivity index (χ4n) is 2.70. The first-order valence-corrected chi connectivity index (χ1v) is 6.71. The van der Waals surface area contributed by atoms with Crippen LogP contribution in [0.25, 0.3) is 0 Å². The van der Waals surface area contributed by atoms with Crippen molar-refractivity contribution < 1.29 is 19.5 Å². The van der Waals surface area contributed by atoms with E-state index in [0.29, 0.717) is 5.92 Å². The number of hydrogen-bond acceptors (Lipinski definition) is 5. The van der Waals surface area contributed by atoms with E-state index in [-0.39, 0.29) is 18.2 Å². The molecule has 1 N–H and O–H groups in total. The number of carbonyl (C=O) groups excluding carboxylic acids is 1. The number of aliphatic hydroxyl groups is 1. The van der Waals surface area contributed by atoms with Crippen molar-refractivity contribution in [3.8, 4) is 0 Å². The van der Waals surface area contributed by atoms with Gasteiger partial charge in [-0.3, -0.25) is 9.74 Å². The summed E-state index contributed by atoms with van der Waals surface area (Å²) in [4.78, 5) is 19.0. The summed E-state index contributed by atoms with van der Waals surface area (Å²) in [6.45, 7) is 5.54. The number of hydrogen-bond donors (Lipinski definition) is 1. The Labute approximate surface area is 114 Å². The molecule has 2 aliphatic rings. The minimum absolute atomic E-state index is 0.222. The molecule has 1 amide bonds. The van der Waals surface area contributed by atoms with Crippen molar-refractivity contribution in [2.24, 2.45) is 5.92 Å². The van der Waals surface area contributed by atoms with Gasteiger partial charge in [0, 0.05) is 13.1 Å². The highest BCUT2D eigenvalue weighted by Gasteiger charge is 2.57. The zero-order valence-electron chi connectivity index (χ0n) is 12.3. The Morgan fingerprint density at radius 1 is 1.42 bits per heavy atom. The summed E-state index contributed by atoms with van der Waals surface area (Å²) in [7, 11) is 3.15. The second-order valence-corrected chi connectivity index (χ2v) is 6.40. The van der Waals surface area contributed by atoms with Crippen LogP contribution in [0.1, 0.15) is 33.6 Å². The van der Waals surface area contributed by atoms with Crippen molar-refractivity contribution >= 4 is 6.09 Å². The summed E-state index contributed by atoms with van der Waals surface area (Å²) in [6.07, 6.45) is 0.647. The zero-order chi connectivity index (χ0) is 14.4. The first-order valence-electron chi connectivity index (χ1n) is 6.71. The number of fused-ring (bicyclic) bond motifs is 1. The van der Waals surface area contributed by atoms with E-state index in [2.05, 4.69) is 0 Å². The van der Waals surface area contributed by atoms with Crippen LogP contribution in [0.15, 0.2) is 0 Å². The first-order chi connectivity index (χ1) is 8.74. The van der Waals surface area contributed by atoms with Gasteiger partial charge in [0.15, 0.2) is 0 Å². The van der Waals surface area contributed by atoms with Crippen molar-refractivity contribution in [1.29, 1.82) is 0 Å². The first kappa shape index (κ1) is 14.6. The van der Waals surface area contributed by atoms with Gasteiger partial charge in [0.05, 0.1) is 13.2 Å². The van der Waals surface area contributed by atoms with E-state index in [0.717, 1.165) is 12.8 Å². The van der Waals surface area contributed by atoms with Crippen LogP contribution in [0.2, 0.25) is 0 Å². The zero-order valence-corrected chi connectivity index (χ0v) is 12.3. The Morgan fingerprint density at radius 3 is 2.58 bits per heavy atom. The molecule has 1 saturated heterocycles. The van der Waals surface area contributed by atoms with Gasteiger partial charge in [-0.15, -0.1) is 0 Å². The number of hydroxylamine groups is 2. The average Bonchev–Trinajstić information content (AvgIpc) is 2.95. The maximum Gasteiger partial charge on any atom is 0.410 e. The molecule has 0 aromatic carbocycles. The third kappa shape index (κ3) is 3.01. The third-order valence-electron chi connectivity index (χ3n) is 3.75. The maximum atomic E-state index is 12.3. The topological polar surface area (TPSA) is 62.2 Å². The van der Waals surface area contributed by atoms with E-state index in [4.69, 9.17) is 9.57 Å². The van der Waals surface area contributed by atoms with E-state index >= 15 is 0 Å². The minimum Gasteiger partial charge on any atom is -0.444 e. The number of amides is 1. The molecule has 1 saturated carbocycles. The highest BCUT2D eigenvalue weighted by molar-refractivity contribution is 5.70. The fraction of sp³-hybridized carbons (Fsp3) is 0.923. The largest absolute Gasteiger partial charge is 0.444 e. The SMILES string of the molecule is CON(C)C(O)C1CC2CC2N1C(=O)OC(C)(C)C. The van der Waals surface area contributed by atoms with Gasteiger partial charge >= 0.3 is 6.09 Å². The fourth-order valence-corrected chi connectivity index (χ4v) is 2.70. The van der Waals surface area contributed by atoms with Gasteiger partial charge in [0.2, 0.25) is 0 Å². The third-order valence-corrected chi connectivity index (χ3v) is 3.75. The quantitative estimate of drug-likeness (QED) is 0.618. The molecule has 4 atom stereocenters. The Bertz CT molecular complexity index is 355. The van der Waals surface area contributed by atoms with Crippen LogP contribution in [0, 0.1) is 5.92 Å². The van der Waals surface area contributed by atoms with Crippen LogP contribution in [-0.2, 0) is 9.57 Å². The van der Waals surface area contributed by atoms with Crippen molar-refractivity contribution in [1.82, 2.24) is 9.96 Å². The van der Waals surface area contributed by atoms with Gasteiger partial charge in [0.25, 0.3) is 0 Å². The summed E-state index contributed by atoms with van der Waals surface area (Å²) in [5, 5.41) is 11.6. The summed E-state index contributed by atoms with van der Waals surface area (Å²) < 4.78 is 5.43. The van der Waals surface area contributed by atoms with Crippen molar-refractivity contribution in [2.45, 2.75) is 57.5 Å². The second-order valence-electron chi connectivity index (χ2n) is 6.40. The van der Waals surface area contributed by atoms with Crippen LogP contribution in [-0.4, -0.2) is 59.2 Å². The van der Waals surface area contributed by atoms with Crippen molar-refractivity contribution in [3.05, 3.63) is 0 Å². The van der Waals surface area contributed by atoms with E-state index in [1.54, 1.807) is 11.9 Å². The van der Waals surface area contributed by atoms with Crippen LogP contribution >= 0.6 is 0 Å². The molecule has 0 spiro atoms. The summed E-state index contributed by atoms with van der Waals surface area (Å²) in [6, 6.07) is -0.0386. The molecule has 1 heterocycles. The summed E-state index contributed by atoms with van der Waals surface area (Å²) >= 11 is 0. The maximum absolute atomic E-state index is 12.3. The van der Waals surface area contributed by atoms with Crippen LogP contribution in [0.5, 0.6) is 0 Å². The number of likely N-dealkylation sites (tertiary alicyclic amines) is 1. The monoisotopic (exact) mass is 272 g/mol. The molecule has 0 aromatic heterocycles. The molecular formula is C13H24N2O4. The van der Waals surface area contributed by atoms with Gasteiger partial charge < -0.3 is 9.84 Å². The molecule has 4 unspecified atom stereocenters. The predicted octanol–water partition coefficient (Wildman–Crippen LogP) is 1.20. The molecule has 2 rings (SSSR count). The molecule has 0 bridgehead atoms. The van der Waals surface area contributed by atoms with E-state index < -0.39 is 11.8 Å². The molecule has 19 heavy (non-hydrogen) atoms. The number of likely N-dealkylation sites (N-methyl/N-ethyl adjacent to an activating group) is 1. The normalized spacial score (nSPS) is 31.3. The number of piperidine rings is 1. The number of aliphatic hydroxyl groups excluding tert-OH is 1. The lowest BCUT2D eigenvalue weighted by molar-refractivity contribution is -0.220. The van der Waals surface area contributed by atoms with Crippen molar-refractivity contribution in [2.75, 3.05) is 14.2 Å². The number of rotatable bonds is 3. The Morgan fingerprint density at radius 2 is 2.05 bits per heavy atom. The minimum atomic E-state index is -0.828. The van der Waals surface area contributed by atoms with Crippen LogP contribution < -0.4 is 0 Å². The van der Waals surface area contributed by atoms with E-state index in [9.17, 15) is 9.90 Å². The molecule has 1 aliphatic carbocycles. The van der Waals surface area contributed by atoms with Crippen LogP contribution in [0.4, 0.5) is 4.79 Å². The lowest BCUT2D eigenvalue weighted by Gasteiger charge is -2.35. The van der Waals surface area contributed by atoms with E-state index in [1.165, 1.54) is 12.2 Å². The summed E-state index contributed by atoms with van der Waals surface area (Å²) in [5.74, 6) is 0.498. The molecule has 2 fully saturated rings. The van der Waals surface area contributed by atoms with E-state index in [1.807, 2.05) is 20.8 Å². The second kappa shape index (κ2) is 4.92. The highest BCUT2D eigenvalue weighted by Crippen LogP contribution is 2.49. The van der Waals surface area contributed by atoms with Gasteiger partial charge in [-0.25, -0.2) is 4.79 Å². The molecule has 6 nitrogen and oxygen atoms in total. The Kier molecular flexibility index (Phi) is 3.77. The highest BCUT2D eigenvalue weighted by atomic mass is 16.7. The van der Waals surface area contributed by atoms with Gasteiger partial charge in [-0.05, 0) is 39.5 Å². The molecular weight excluding hydrogens is 248 g/mol. The smallest absolute Gasteiger partial charge is 0.410 e. The number of nitrogens with zero attached hydrogens (tertiary/aromatic N) is 2.